The van der Waals surface area contributed by atoms with Crippen molar-refractivity contribution in [2.45, 2.75) is 6.42 Å². The van der Waals surface area contributed by atoms with Crippen LogP contribution in [0, 0.1) is 0 Å². The van der Waals surface area contributed by atoms with Crippen molar-refractivity contribution in [3.05, 3.63) is 0 Å². The van der Waals surface area contributed by atoms with Crippen molar-refractivity contribution in [3.63, 3.8) is 0 Å². The van der Waals surface area contributed by atoms with E-state index < -0.39 is 16.6 Å². The molecule has 0 saturated carbocycles. The standard InChI is InChI=1S/C6H14N2O4S/c1-7-6(10)2-3-8-13(11,12)5-4-9/h8-9H,2-5H2,1H3,(H,7,10). The van der Waals surface area contributed by atoms with Gasteiger partial charge in [-0.1, -0.05) is 0 Å². The number of hydrogen-bond donors (Lipinski definition) is 3. The highest BCUT2D eigenvalue weighted by Gasteiger charge is 2.08. The lowest BCUT2D eigenvalue weighted by atomic mass is 10.4. The summed E-state index contributed by atoms with van der Waals surface area (Å²) < 4.78 is 24.0. The molecule has 0 rings (SSSR count). The molecule has 7 heteroatoms. The number of sulfonamides is 1. The van der Waals surface area contributed by atoms with Gasteiger partial charge in [-0.15, -0.1) is 0 Å². The molecule has 0 aromatic rings. The molecular weight excluding hydrogens is 196 g/mol. The van der Waals surface area contributed by atoms with E-state index in [1.807, 2.05) is 0 Å². The minimum absolute atomic E-state index is 0.0575. The monoisotopic (exact) mass is 210 g/mol. The Morgan fingerprint density at radius 3 is 2.54 bits per heavy atom. The molecule has 0 aliphatic rings. The summed E-state index contributed by atoms with van der Waals surface area (Å²) in [7, 11) is -1.94. The van der Waals surface area contributed by atoms with Crippen LogP contribution in [0.1, 0.15) is 6.42 Å². The summed E-state index contributed by atoms with van der Waals surface area (Å²) in [5.74, 6) is -0.563. The first-order chi connectivity index (χ1) is 6.02. The van der Waals surface area contributed by atoms with Gasteiger partial charge in [0.25, 0.3) is 0 Å². The van der Waals surface area contributed by atoms with Gasteiger partial charge >= 0.3 is 0 Å². The minimum Gasteiger partial charge on any atom is -0.395 e. The highest BCUT2D eigenvalue weighted by atomic mass is 32.2. The van der Waals surface area contributed by atoms with Crippen LogP contribution in [0.25, 0.3) is 0 Å². The molecule has 0 aromatic carbocycles. The fourth-order valence-electron chi connectivity index (χ4n) is 0.637. The van der Waals surface area contributed by atoms with Crippen molar-refractivity contribution < 1.29 is 18.3 Å². The maximum atomic E-state index is 10.9. The van der Waals surface area contributed by atoms with Gasteiger partial charge < -0.3 is 10.4 Å². The van der Waals surface area contributed by atoms with E-state index in [0.29, 0.717) is 0 Å². The van der Waals surface area contributed by atoms with Gasteiger partial charge in [-0.25, -0.2) is 13.1 Å². The summed E-state index contributed by atoms with van der Waals surface area (Å²) in [6.45, 7) is -0.364. The van der Waals surface area contributed by atoms with Crippen LogP contribution in [0.15, 0.2) is 0 Å². The van der Waals surface area contributed by atoms with E-state index in [0.717, 1.165) is 0 Å². The van der Waals surface area contributed by atoms with E-state index >= 15 is 0 Å². The Balaban J connectivity index is 3.70. The van der Waals surface area contributed by atoms with E-state index in [1.165, 1.54) is 7.05 Å². The topological polar surface area (TPSA) is 95.5 Å². The van der Waals surface area contributed by atoms with Crippen LogP contribution in [0.5, 0.6) is 0 Å². The number of carbonyl (C=O) groups excluding carboxylic acids is 1. The lowest BCUT2D eigenvalue weighted by Gasteiger charge is -2.03. The number of aliphatic hydroxyl groups is 1. The van der Waals surface area contributed by atoms with Gasteiger partial charge in [0.1, 0.15) is 0 Å². The Bertz CT molecular complexity index is 249. The summed E-state index contributed by atoms with van der Waals surface area (Å²) in [4.78, 5) is 10.7. The first kappa shape index (κ1) is 12.3. The number of carbonyl (C=O) groups is 1. The first-order valence-corrected chi connectivity index (χ1v) is 5.46. The molecule has 0 fully saturated rings. The van der Waals surface area contributed by atoms with Gasteiger partial charge in [0.2, 0.25) is 15.9 Å². The Hall–Kier alpha value is -0.660. The second-order valence-electron chi connectivity index (χ2n) is 2.36. The zero-order chi connectivity index (χ0) is 10.3. The first-order valence-electron chi connectivity index (χ1n) is 3.80. The van der Waals surface area contributed by atoms with E-state index in [-0.39, 0.29) is 24.6 Å². The van der Waals surface area contributed by atoms with Gasteiger partial charge in [-0.3, -0.25) is 4.79 Å². The Labute approximate surface area is 77.4 Å². The second-order valence-corrected chi connectivity index (χ2v) is 4.29. The molecule has 1 amide bonds. The Kier molecular flexibility index (Phi) is 5.60. The summed E-state index contributed by atoms with van der Waals surface area (Å²) in [5, 5.41) is 10.7. The molecule has 0 aliphatic heterocycles. The van der Waals surface area contributed by atoms with E-state index in [1.54, 1.807) is 0 Å². The molecule has 6 nitrogen and oxygen atoms in total. The molecule has 3 N–H and O–H groups in total. The highest BCUT2D eigenvalue weighted by Crippen LogP contribution is 1.84. The Morgan fingerprint density at radius 2 is 2.08 bits per heavy atom. The van der Waals surface area contributed by atoms with Gasteiger partial charge in [-0.05, 0) is 0 Å². The highest BCUT2D eigenvalue weighted by molar-refractivity contribution is 7.89. The lowest BCUT2D eigenvalue weighted by molar-refractivity contribution is -0.120. The van der Waals surface area contributed by atoms with Crippen LogP contribution >= 0.6 is 0 Å². The van der Waals surface area contributed by atoms with Crippen LogP contribution in [-0.4, -0.2) is 45.4 Å². The van der Waals surface area contributed by atoms with Crippen molar-refractivity contribution in [2.24, 2.45) is 0 Å². The van der Waals surface area contributed by atoms with Crippen molar-refractivity contribution in [2.75, 3.05) is 26.0 Å². The average molecular weight is 210 g/mol. The molecule has 0 spiro atoms. The summed E-state index contributed by atoms with van der Waals surface area (Å²) in [6.07, 6.45) is 0.0984. The van der Waals surface area contributed by atoms with E-state index in [2.05, 4.69) is 10.0 Å². The van der Waals surface area contributed by atoms with Crippen LogP contribution in [0.4, 0.5) is 0 Å². The number of aliphatic hydroxyl groups excluding tert-OH is 1. The van der Waals surface area contributed by atoms with Crippen LogP contribution in [-0.2, 0) is 14.8 Å². The largest absolute Gasteiger partial charge is 0.395 e. The molecule has 13 heavy (non-hydrogen) atoms. The molecule has 0 aromatic heterocycles. The summed E-state index contributed by atoms with van der Waals surface area (Å²) >= 11 is 0. The maximum Gasteiger partial charge on any atom is 0.221 e. The second kappa shape index (κ2) is 5.90. The summed E-state index contributed by atoms with van der Waals surface area (Å²) in [5.41, 5.74) is 0. The molecule has 0 heterocycles. The predicted octanol–water partition coefficient (Wildman–Crippen LogP) is -1.97. The van der Waals surface area contributed by atoms with Crippen LogP contribution in [0.2, 0.25) is 0 Å². The van der Waals surface area contributed by atoms with Gasteiger partial charge in [0.15, 0.2) is 0 Å². The molecule has 0 unspecified atom stereocenters. The maximum absolute atomic E-state index is 10.9. The molecule has 0 atom stereocenters. The fraction of sp³-hybridized carbons (Fsp3) is 0.833. The molecule has 78 valence electrons. The third kappa shape index (κ3) is 6.50. The smallest absolute Gasteiger partial charge is 0.221 e. The fourth-order valence-corrected chi connectivity index (χ4v) is 1.44. The zero-order valence-corrected chi connectivity index (χ0v) is 8.23. The number of nitrogens with one attached hydrogen (secondary N) is 2. The van der Waals surface area contributed by atoms with Crippen LogP contribution in [0.3, 0.4) is 0 Å². The lowest BCUT2D eigenvalue weighted by Crippen LogP contribution is -2.31. The van der Waals surface area contributed by atoms with E-state index in [9.17, 15) is 13.2 Å². The third-order valence-corrected chi connectivity index (χ3v) is 2.68. The van der Waals surface area contributed by atoms with Gasteiger partial charge in [0, 0.05) is 20.0 Å². The number of rotatable bonds is 6. The molecule has 0 aliphatic carbocycles. The predicted molar refractivity (Wildman–Crippen MR) is 47.6 cm³/mol. The third-order valence-electron chi connectivity index (χ3n) is 1.31. The normalized spacial score (nSPS) is 11.2. The van der Waals surface area contributed by atoms with Crippen molar-refractivity contribution >= 4 is 15.9 Å². The van der Waals surface area contributed by atoms with Crippen molar-refractivity contribution in [3.8, 4) is 0 Å². The number of amides is 1. The van der Waals surface area contributed by atoms with Gasteiger partial charge in [0.05, 0.1) is 12.4 Å². The van der Waals surface area contributed by atoms with E-state index in [4.69, 9.17) is 5.11 Å². The average Bonchev–Trinajstić information content (AvgIpc) is 2.03. The molecule has 0 saturated heterocycles. The van der Waals surface area contributed by atoms with Crippen LogP contribution < -0.4 is 10.0 Å². The van der Waals surface area contributed by atoms with Crippen molar-refractivity contribution in [1.29, 1.82) is 0 Å². The quantitative estimate of drug-likeness (QED) is 0.474. The summed E-state index contributed by atoms with van der Waals surface area (Å²) in [6, 6.07) is 0. The zero-order valence-electron chi connectivity index (χ0n) is 7.41. The number of hydrogen-bond acceptors (Lipinski definition) is 4. The van der Waals surface area contributed by atoms with Gasteiger partial charge in [-0.2, -0.15) is 0 Å². The molecule has 0 radical (unpaired) electrons. The molecular formula is C6H14N2O4S. The molecule has 0 bridgehead atoms. The minimum atomic E-state index is -3.42. The SMILES string of the molecule is CNC(=O)CCNS(=O)(=O)CCO. The van der Waals surface area contributed by atoms with Crippen molar-refractivity contribution in [1.82, 2.24) is 10.0 Å². The Morgan fingerprint density at radius 1 is 1.46 bits per heavy atom.